The van der Waals surface area contributed by atoms with Gasteiger partial charge in [-0.2, -0.15) is 0 Å². The number of para-hydroxylation sites is 1. The fourth-order valence-corrected chi connectivity index (χ4v) is 3.22. The summed E-state index contributed by atoms with van der Waals surface area (Å²) in [5.74, 6) is 0. The summed E-state index contributed by atoms with van der Waals surface area (Å²) in [6.07, 6.45) is 0. The first-order valence-corrected chi connectivity index (χ1v) is 6.99. The first-order chi connectivity index (χ1) is 8.49. The van der Waals surface area contributed by atoms with Gasteiger partial charge in [-0.3, -0.25) is 0 Å². The van der Waals surface area contributed by atoms with E-state index in [-0.39, 0.29) is 6.04 Å². The maximum absolute atomic E-state index is 6.09. The predicted octanol–water partition coefficient (Wildman–Crippen LogP) is 4.43. The van der Waals surface area contributed by atoms with Crippen LogP contribution in [0.3, 0.4) is 0 Å². The summed E-state index contributed by atoms with van der Waals surface area (Å²) in [4.78, 5) is 2.73. The Kier molecular flexibility index (Phi) is 3.62. The van der Waals surface area contributed by atoms with E-state index in [0.29, 0.717) is 0 Å². The second-order valence-electron chi connectivity index (χ2n) is 4.77. The lowest BCUT2D eigenvalue weighted by atomic mass is 10.1. The molecule has 3 N–H and O–H groups in total. The number of hydrogen-bond donors (Lipinski definition) is 2. The Morgan fingerprint density at radius 2 is 1.94 bits per heavy atom. The van der Waals surface area contributed by atoms with Gasteiger partial charge < -0.3 is 11.1 Å². The minimum Gasteiger partial charge on any atom is -0.397 e. The zero-order valence-electron chi connectivity index (χ0n) is 11.4. The SMILES string of the molecule is Cc1cc(C(C)Nc2cccc(C)c2N)c(C)s1. The maximum Gasteiger partial charge on any atom is 0.0581 e. The van der Waals surface area contributed by atoms with Crippen LogP contribution in [-0.4, -0.2) is 0 Å². The molecule has 0 aliphatic rings. The second kappa shape index (κ2) is 5.02. The molecule has 1 aromatic heterocycles. The van der Waals surface area contributed by atoms with Crippen LogP contribution in [0.5, 0.6) is 0 Å². The van der Waals surface area contributed by atoms with Crippen LogP contribution in [0.1, 0.15) is 33.8 Å². The van der Waals surface area contributed by atoms with Gasteiger partial charge in [-0.25, -0.2) is 0 Å². The molecule has 0 spiro atoms. The molecule has 2 nitrogen and oxygen atoms in total. The Bertz CT molecular complexity index is 558. The summed E-state index contributed by atoms with van der Waals surface area (Å²) in [5.41, 5.74) is 10.4. The zero-order valence-corrected chi connectivity index (χ0v) is 12.2. The fourth-order valence-electron chi connectivity index (χ4n) is 2.20. The Morgan fingerprint density at radius 1 is 1.22 bits per heavy atom. The lowest BCUT2D eigenvalue weighted by Gasteiger charge is -2.17. The van der Waals surface area contributed by atoms with Gasteiger partial charge in [-0.05, 0) is 51.0 Å². The number of anilines is 2. The van der Waals surface area contributed by atoms with Crippen molar-refractivity contribution in [2.75, 3.05) is 11.1 Å². The first kappa shape index (κ1) is 13.0. The number of nitrogens with one attached hydrogen (secondary N) is 1. The highest BCUT2D eigenvalue weighted by Crippen LogP contribution is 2.31. The largest absolute Gasteiger partial charge is 0.397 e. The summed E-state index contributed by atoms with van der Waals surface area (Å²) in [7, 11) is 0. The highest BCUT2D eigenvalue weighted by molar-refractivity contribution is 7.12. The molecule has 1 unspecified atom stereocenters. The number of aryl methyl sites for hydroxylation is 3. The minimum absolute atomic E-state index is 0.277. The van der Waals surface area contributed by atoms with E-state index in [9.17, 15) is 0 Å². The molecule has 2 aromatic rings. The van der Waals surface area contributed by atoms with Gasteiger partial charge in [0.1, 0.15) is 0 Å². The minimum atomic E-state index is 0.277. The summed E-state index contributed by atoms with van der Waals surface area (Å²) < 4.78 is 0. The van der Waals surface area contributed by atoms with Crippen molar-refractivity contribution in [3.8, 4) is 0 Å². The number of benzene rings is 1. The van der Waals surface area contributed by atoms with Crippen LogP contribution in [0.2, 0.25) is 0 Å². The van der Waals surface area contributed by atoms with E-state index in [4.69, 9.17) is 5.73 Å². The third kappa shape index (κ3) is 2.51. The van der Waals surface area contributed by atoms with Gasteiger partial charge in [0, 0.05) is 15.8 Å². The topological polar surface area (TPSA) is 38.0 Å². The predicted molar refractivity (Wildman–Crippen MR) is 81.4 cm³/mol. The van der Waals surface area contributed by atoms with Crippen LogP contribution in [0.15, 0.2) is 24.3 Å². The van der Waals surface area contributed by atoms with Crippen molar-refractivity contribution >= 4 is 22.7 Å². The summed E-state index contributed by atoms with van der Waals surface area (Å²) in [5, 5.41) is 3.50. The van der Waals surface area contributed by atoms with Gasteiger partial charge in [0.25, 0.3) is 0 Å². The molecule has 1 heterocycles. The van der Waals surface area contributed by atoms with Crippen LogP contribution >= 0.6 is 11.3 Å². The van der Waals surface area contributed by atoms with Crippen LogP contribution < -0.4 is 11.1 Å². The molecule has 18 heavy (non-hydrogen) atoms. The van der Waals surface area contributed by atoms with E-state index < -0.39 is 0 Å². The van der Waals surface area contributed by atoms with Crippen molar-refractivity contribution in [3.05, 3.63) is 45.1 Å². The normalized spacial score (nSPS) is 12.4. The number of nitrogens with two attached hydrogens (primary N) is 1. The van der Waals surface area contributed by atoms with E-state index in [1.807, 2.05) is 36.5 Å². The molecule has 1 atom stereocenters. The van der Waals surface area contributed by atoms with Crippen molar-refractivity contribution in [3.63, 3.8) is 0 Å². The average Bonchev–Trinajstić information content (AvgIpc) is 2.64. The summed E-state index contributed by atoms with van der Waals surface area (Å²) >= 11 is 1.84. The molecule has 2 rings (SSSR count). The van der Waals surface area contributed by atoms with E-state index >= 15 is 0 Å². The molecule has 0 fully saturated rings. The average molecular weight is 260 g/mol. The number of thiophene rings is 1. The Morgan fingerprint density at radius 3 is 2.56 bits per heavy atom. The Labute approximate surface area is 113 Å². The fraction of sp³-hybridized carbons (Fsp3) is 0.333. The smallest absolute Gasteiger partial charge is 0.0581 e. The lowest BCUT2D eigenvalue weighted by molar-refractivity contribution is 0.882. The summed E-state index contributed by atoms with van der Waals surface area (Å²) in [6.45, 7) is 8.53. The number of rotatable bonds is 3. The van der Waals surface area contributed by atoms with Gasteiger partial charge in [0.2, 0.25) is 0 Å². The molecule has 0 aliphatic carbocycles. The van der Waals surface area contributed by atoms with Crippen LogP contribution in [-0.2, 0) is 0 Å². The molecule has 0 saturated heterocycles. The molecule has 3 heteroatoms. The standard InChI is InChI=1S/C15H20N2S/c1-9-6-5-7-14(15(9)16)17-11(3)13-8-10(2)18-12(13)4/h5-8,11,17H,16H2,1-4H3. The molecular formula is C15H20N2S. The molecule has 0 amide bonds. The second-order valence-corrected chi connectivity index (χ2v) is 6.23. The van der Waals surface area contributed by atoms with Crippen LogP contribution in [0.25, 0.3) is 0 Å². The van der Waals surface area contributed by atoms with Crippen molar-refractivity contribution in [1.82, 2.24) is 0 Å². The lowest BCUT2D eigenvalue weighted by Crippen LogP contribution is -2.09. The third-order valence-electron chi connectivity index (χ3n) is 3.24. The third-order valence-corrected chi connectivity index (χ3v) is 4.22. The molecule has 0 radical (unpaired) electrons. The van der Waals surface area contributed by atoms with E-state index in [2.05, 4.69) is 32.2 Å². The van der Waals surface area contributed by atoms with Gasteiger partial charge in [0.15, 0.2) is 0 Å². The van der Waals surface area contributed by atoms with Crippen molar-refractivity contribution in [1.29, 1.82) is 0 Å². The van der Waals surface area contributed by atoms with Crippen LogP contribution in [0, 0.1) is 20.8 Å². The number of nitrogen functional groups attached to an aromatic ring is 1. The van der Waals surface area contributed by atoms with Crippen molar-refractivity contribution < 1.29 is 0 Å². The van der Waals surface area contributed by atoms with Gasteiger partial charge in [0.05, 0.1) is 11.4 Å². The Hall–Kier alpha value is -1.48. The molecule has 1 aromatic carbocycles. The number of hydrogen-bond acceptors (Lipinski definition) is 3. The highest BCUT2D eigenvalue weighted by atomic mass is 32.1. The van der Waals surface area contributed by atoms with Gasteiger partial charge >= 0.3 is 0 Å². The van der Waals surface area contributed by atoms with Crippen molar-refractivity contribution in [2.24, 2.45) is 0 Å². The summed E-state index contributed by atoms with van der Waals surface area (Å²) in [6, 6.07) is 8.63. The van der Waals surface area contributed by atoms with Crippen LogP contribution in [0.4, 0.5) is 11.4 Å². The van der Waals surface area contributed by atoms with Gasteiger partial charge in [-0.15, -0.1) is 11.3 Å². The van der Waals surface area contributed by atoms with E-state index in [0.717, 1.165) is 16.9 Å². The molecular weight excluding hydrogens is 240 g/mol. The first-order valence-electron chi connectivity index (χ1n) is 6.17. The van der Waals surface area contributed by atoms with E-state index in [1.165, 1.54) is 15.3 Å². The zero-order chi connectivity index (χ0) is 13.3. The van der Waals surface area contributed by atoms with Gasteiger partial charge in [-0.1, -0.05) is 12.1 Å². The maximum atomic E-state index is 6.09. The highest BCUT2D eigenvalue weighted by Gasteiger charge is 2.12. The molecule has 96 valence electrons. The van der Waals surface area contributed by atoms with E-state index in [1.54, 1.807) is 0 Å². The van der Waals surface area contributed by atoms with Crippen molar-refractivity contribution in [2.45, 2.75) is 33.7 Å². The molecule has 0 saturated carbocycles. The molecule has 0 bridgehead atoms. The Balaban J connectivity index is 2.24. The molecule has 0 aliphatic heterocycles. The quantitative estimate of drug-likeness (QED) is 0.801. The monoisotopic (exact) mass is 260 g/mol.